The Hall–Kier alpha value is -3.23. The minimum Gasteiger partial charge on any atom is -0.353 e. The van der Waals surface area contributed by atoms with E-state index in [-0.39, 0.29) is 11.9 Å². The van der Waals surface area contributed by atoms with Gasteiger partial charge in [0.1, 0.15) is 5.82 Å². The number of aromatic nitrogens is 5. The van der Waals surface area contributed by atoms with Crippen molar-refractivity contribution < 1.29 is 4.79 Å². The number of rotatable bonds is 3. The van der Waals surface area contributed by atoms with E-state index in [0.717, 1.165) is 30.9 Å². The minimum atomic E-state index is 0.00474. The molecule has 2 fully saturated rings. The molecule has 0 aliphatic carbocycles. The average Bonchev–Trinajstić information content (AvgIpc) is 3.35. The van der Waals surface area contributed by atoms with Crippen LogP contribution < -0.4 is 4.90 Å². The van der Waals surface area contributed by atoms with Gasteiger partial charge >= 0.3 is 0 Å². The predicted octanol–water partition coefficient (Wildman–Crippen LogP) is 4.18. The summed E-state index contributed by atoms with van der Waals surface area (Å²) < 4.78 is 0. The fourth-order valence-corrected chi connectivity index (χ4v) is 5.19. The van der Waals surface area contributed by atoms with Crippen LogP contribution in [0, 0.1) is 12.8 Å². The number of anilines is 1. The van der Waals surface area contributed by atoms with Crippen LogP contribution in [0.25, 0.3) is 16.7 Å². The number of likely N-dealkylation sites (tertiary alicyclic amines) is 1. The molecule has 8 nitrogen and oxygen atoms in total. The van der Waals surface area contributed by atoms with Gasteiger partial charge in [-0.05, 0) is 37.6 Å². The number of nitrogens with zero attached hydrogens (tertiary/aromatic N) is 7. The molecule has 4 aromatic rings. The second kappa shape index (κ2) is 8.21. The van der Waals surface area contributed by atoms with Gasteiger partial charge in [0.25, 0.3) is 5.91 Å². The van der Waals surface area contributed by atoms with E-state index in [2.05, 4.69) is 20.1 Å². The molecule has 4 heterocycles. The number of hydrogen-bond donors (Lipinski definition) is 0. The molecule has 2 aliphatic rings. The fourth-order valence-electron chi connectivity index (χ4n) is 4.88. The lowest BCUT2D eigenvalue weighted by Crippen LogP contribution is -2.66. The minimum absolute atomic E-state index is 0.00474. The highest BCUT2D eigenvalue weighted by atomic mass is 35.5. The number of piperidine rings is 1. The van der Waals surface area contributed by atoms with Crippen LogP contribution in [-0.4, -0.2) is 61.4 Å². The first-order valence-corrected chi connectivity index (χ1v) is 11.9. The Bertz CT molecular complexity index is 1410. The van der Waals surface area contributed by atoms with Gasteiger partial charge in [0.15, 0.2) is 0 Å². The molecule has 10 heteroatoms. The molecule has 0 saturated carbocycles. The molecule has 0 bridgehead atoms. The van der Waals surface area contributed by atoms with Gasteiger partial charge in [0.2, 0.25) is 0 Å². The van der Waals surface area contributed by atoms with Crippen molar-refractivity contribution in [1.82, 2.24) is 29.9 Å². The molecule has 2 saturated heterocycles. The van der Waals surface area contributed by atoms with E-state index in [9.17, 15) is 4.79 Å². The highest BCUT2D eigenvalue weighted by Crippen LogP contribution is 2.36. The van der Waals surface area contributed by atoms with Crippen LogP contribution in [-0.2, 0) is 0 Å². The van der Waals surface area contributed by atoms with Crippen molar-refractivity contribution in [2.45, 2.75) is 19.4 Å². The third-order valence-electron chi connectivity index (χ3n) is 6.73. The number of halogens is 2. The van der Waals surface area contributed by atoms with Crippen molar-refractivity contribution >= 4 is 46.0 Å². The highest BCUT2D eigenvalue weighted by molar-refractivity contribution is 6.42. The molecule has 0 radical (unpaired) electrons. The second-order valence-electron chi connectivity index (χ2n) is 8.84. The standard InChI is InChI=1S/C24H21Cl2N7O/c1-14-2-3-21(33-28-5-6-29-33)16(8-14)24(34)32-12-15-4-7-31(13-22(15)32)23-11-27-19-9-17(25)18(26)10-20(19)30-23/h2-3,5-6,8-11,15,22H,4,7,12-13H2,1H3/t15-,22-/m0/s1. The molecule has 6 rings (SSSR count). The lowest BCUT2D eigenvalue weighted by atomic mass is 9.81. The maximum Gasteiger partial charge on any atom is 0.256 e. The van der Waals surface area contributed by atoms with E-state index < -0.39 is 0 Å². The molecule has 2 aromatic heterocycles. The monoisotopic (exact) mass is 493 g/mol. The molecule has 2 aliphatic heterocycles. The molecule has 2 atom stereocenters. The Morgan fingerprint density at radius 3 is 2.59 bits per heavy atom. The largest absolute Gasteiger partial charge is 0.353 e. The summed E-state index contributed by atoms with van der Waals surface area (Å²) in [6.07, 6.45) is 5.98. The van der Waals surface area contributed by atoms with Crippen molar-refractivity contribution in [2.75, 3.05) is 24.5 Å². The van der Waals surface area contributed by atoms with E-state index >= 15 is 0 Å². The van der Waals surface area contributed by atoms with Gasteiger partial charge in [0, 0.05) is 25.6 Å². The van der Waals surface area contributed by atoms with E-state index in [4.69, 9.17) is 28.2 Å². The SMILES string of the molecule is Cc1ccc(-n2nccn2)c(C(=O)N2C[C@@H]3CCN(c4cnc5cc(Cl)c(Cl)cc5n4)C[C@@H]32)c1. The van der Waals surface area contributed by atoms with Gasteiger partial charge in [-0.1, -0.05) is 34.8 Å². The summed E-state index contributed by atoms with van der Waals surface area (Å²) >= 11 is 12.3. The first kappa shape index (κ1) is 21.3. The zero-order chi connectivity index (χ0) is 23.4. The molecule has 1 amide bonds. The summed E-state index contributed by atoms with van der Waals surface area (Å²) in [5.74, 6) is 1.27. The van der Waals surface area contributed by atoms with Crippen molar-refractivity contribution in [1.29, 1.82) is 0 Å². The first-order valence-electron chi connectivity index (χ1n) is 11.1. The highest BCUT2D eigenvalue weighted by Gasteiger charge is 2.46. The lowest BCUT2D eigenvalue weighted by Gasteiger charge is -2.53. The summed E-state index contributed by atoms with van der Waals surface area (Å²) in [5, 5.41) is 9.37. The molecule has 2 aromatic carbocycles. The number of amides is 1. The zero-order valence-electron chi connectivity index (χ0n) is 18.4. The van der Waals surface area contributed by atoms with Crippen molar-refractivity contribution in [3.05, 3.63) is 70.1 Å². The van der Waals surface area contributed by atoms with E-state index in [1.165, 1.54) is 4.80 Å². The Kier molecular flexibility index (Phi) is 5.15. The van der Waals surface area contributed by atoms with Crippen molar-refractivity contribution in [3.8, 4) is 5.69 Å². The van der Waals surface area contributed by atoms with Crippen LogP contribution in [0.4, 0.5) is 5.82 Å². The van der Waals surface area contributed by atoms with E-state index in [1.54, 1.807) is 30.7 Å². The molecule has 0 spiro atoms. The summed E-state index contributed by atoms with van der Waals surface area (Å²) in [4.78, 5) is 28.6. The summed E-state index contributed by atoms with van der Waals surface area (Å²) in [6, 6.07) is 9.36. The van der Waals surface area contributed by atoms with E-state index in [1.807, 2.05) is 30.0 Å². The smallest absolute Gasteiger partial charge is 0.256 e. The Morgan fingerprint density at radius 2 is 1.79 bits per heavy atom. The second-order valence-corrected chi connectivity index (χ2v) is 9.66. The first-order chi connectivity index (χ1) is 16.5. The number of carbonyl (C=O) groups excluding carboxylic acids is 1. The maximum absolute atomic E-state index is 13.6. The predicted molar refractivity (Wildman–Crippen MR) is 131 cm³/mol. The normalized spacial score (nSPS) is 19.7. The van der Waals surface area contributed by atoms with Crippen LogP contribution >= 0.6 is 23.2 Å². The summed E-state index contributed by atoms with van der Waals surface area (Å²) in [7, 11) is 0. The Labute approximate surface area is 206 Å². The summed E-state index contributed by atoms with van der Waals surface area (Å²) in [6.45, 7) is 4.32. The molecule has 172 valence electrons. The van der Waals surface area contributed by atoms with E-state index in [0.29, 0.717) is 44.8 Å². The van der Waals surface area contributed by atoms with Crippen molar-refractivity contribution in [2.24, 2.45) is 5.92 Å². The molecule has 0 unspecified atom stereocenters. The number of hydrogen-bond acceptors (Lipinski definition) is 6. The Balaban J connectivity index is 1.26. The van der Waals surface area contributed by atoms with Crippen LogP contribution in [0.15, 0.2) is 48.9 Å². The molecular weight excluding hydrogens is 473 g/mol. The third kappa shape index (κ3) is 3.58. The molecular formula is C24H21Cl2N7O. The van der Waals surface area contributed by atoms with Crippen LogP contribution in [0.5, 0.6) is 0 Å². The third-order valence-corrected chi connectivity index (χ3v) is 7.45. The van der Waals surface area contributed by atoms with Gasteiger partial charge in [-0.15, -0.1) is 0 Å². The van der Waals surface area contributed by atoms with Gasteiger partial charge in [0.05, 0.1) is 57.0 Å². The lowest BCUT2D eigenvalue weighted by molar-refractivity contribution is 0.00777. The summed E-state index contributed by atoms with van der Waals surface area (Å²) in [5.41, 5.74) is 3.72. The molecule has 34 heavy (non-hydrogen) atoms. The van der Waals surface area contributed by atoms with Gasteiger partial charge in [-0.2, -0.15) is 15.0 Å². The van der Waals surface area contributed by atoms with Gasteiger partial charge in [-0.25, -0.2) is 4.98 Å². The van der Waals surface area contributed by atoms with Gasteiger partial charge in [-0.3, -0.25) is 9.78 Å². The zero-order valence-corrected chi connectivity index (χ0v) is 19.9. The molecule has 0 N–H and O–H groups in total. The topological polar surface area (TPSA) is 80.0 Å². The number of aryl methyl sites for hydroxylation is 1. The maximum atomic E-state index is 13.6. The Morgan fingerprint density at radius 1 is 1.03 bits per heavy atom. The van der Waals surface area contributed by atoms with Crippen LogP contribution in [0.2, 0.25) is 10.0 Å². The van der Waals surface area contributed by atoms with Crippen molar-refractivity contribution in [3.63, 3.8) is 0 Å². The quantitative estimate of drug-likeness (QED) is 0.425. The number of benzene rings is 2. The van der Waals surface area contributed by atoms with Crippen LogP contribution in [0.1, 0.15) is 22.3 Å². The fraction of sp³-hybridized carbons (Fsp3) is 0.292. The van der Waals surface area contributed by atoms with Gasteiger partial charge < -0.3 is 9.80 Å². The number of carbonyl (C=O) groups is 1. The number of fused-ring (bicyclic) bond motifs is 2. The van der Waals surface area contributed by atoms with Crippen LogP contribution in [0.3, 0.4) is 0 Å². The average molecular weight is 494 g/mol.